The van der Waals surface area contributed by atoms with E-state index in [4.69, 9.17) is 4.74 Å². The summed E-state index contributed by atoms with van der Waals surface area (Å²) in [4.78, 5) is 20.8. The molecule has 0 saturated heterocycles. The molecule has 2 heterocycles. The third-order valence-corrected chi connectivity index (χ3v) is 4.17. The number of benzene rings is 1. The van der Waals surface area contributed by atoms with E-state index >= 15 is 0 Å². The minimum atomic E-state index is 0.0867. The highest BCUT2D eigenvalue weighted by atomic mass is 16.5. The van der Waals surface area contributed by atoms with Crippen LogP contribution < -0.4 is 4.74 Å². The van der Waals surface area contributed by atoms with Crippen LogP contribution in [0, 0.1) is 0 Å². The van der Waals surface area contributed by atoms with E-state index in [1.54, 1.807) is 25.8 Å². The molecule has 0 N–H and O–H groups in total. The fourth-order valence-corrected chi connectivity index (χ4v) is 2.75. The molecular formula is C20H21N3O2. The van der Waals surface area contributed by atoms with Gasteiger partial charge < -0.3 is 9.30 Å². The molecule has 2 aromatic heterocycles. The normalized spacial score (nSPS) is 11.9. The Hall–Kier alpha value is -2.95. The lowest BCUT2D eigenvalue weighted by atomic mass is 9.97. The van der Waals surface area contributed by atoms with Crippen LogP contribution in [0.4, 0.5) is 0 Å². The lowest BCUT2D eigenvalue weighted by Crippen LogP contribution is -2.08. The van der Waals surface area contributed by atoms with Gasteiger partial charge in [-0.05, 0) is 29.8 Å². The summed E-state index contributed by atoms with van der Waals surface area (Å²) >= 11 is 0. The number of ketones is 1. The van der Waals surface area contributed by atoms with Crippen molar-refractivity contribution < 1.29 is 9.53 Å². The van der Waals surface area contributed by atoms with Crippen molar-refractivity contribution in [1.82, 2.24) is 14.5 Å². The molecule has 0 amide bonds. The second-order valence-electron chi connectivity index (χ2n) is 6.08. The summed E-state index contributed by atoms with van der Waals surface area (Å²) in [6.45, 7) is 2.02. The highest BCUT2D eigenvalue weighted by molar-refractivity contribution is 5.81. The highest BCUT2D eigenvalue weighted by Crippen LogP contribution is 2.20. The van der Waals surface area contributed by atoms with Gasteiger partial charge in [0.25, 0.3) is 0 Å². The average molecular weight is 335 g/mol. The summed E-state index contributed by atoms with van der Waals surface area (Å²) in [6.07, 6.45) is 7.98. The predicted molar refractivity (Wildman–Crippen MR) is 96.1 cm³/mol. The number of Topliss-reactive ketones (excluding diaryl/α,β-unsaturated/α-hetero) is 1. The van der Waals surface area contributed by atoms with Crippen molar-refractivity contribution in [3.63, 3.8) is 0 Å². The van der Waals surface area contributed by atoms with Gasteiger partial charge in [0, 0.05) is 42.5 Å². The smallest absolute Gasteiger partial charge is 0.137 e. The molecule has 0 saturated carbocycles. The van der Waals surface area contributed by atoms with Gasteiger partial charge in [0.2, 0.25) is 0 Å². The van der Waals surface area contributed by atoms with Crippen LogP contribution in [0.1, 0.15) is 30.5 Å². The molecule has 3 rings (SSSR count). The van der Waals surface area contributed by atoms with Crippen LogP contribution in [0.25, 0.3) is 5.69 Å². The van der Waals surface area contributed by atoms with Crippen LogP contribution in [-0.4, -0.2) is 27.4 Å². The van der Waals surface area contributed by atoms with Crippen molar-refractivity contribution in [2.75, 3.05) is 7.11 Å². The molecule has 0 fully saturated rings. The lowest BCUT2D eigenvalue weighted by Gasteiger charge is -2.11. The Morgan fingerprint density at radius 3 is 2.60 bits per heavy atom. The van der Waals surface area contributed by atoms with E-state index in [2.05, 4.69) is 9.97 Å². The number of carbonyl (C=O) groups excluding carboxylic acids is 1. The third-order valence-electron chi connectivity index (χ3n) is 4.17. The Morgan fingerprint density at radius 1 is 1.20 bits per heavy atom. The van der Waals surface area contributed by atoms with Gasteiger partial charge in [0.15, 0.2) is 0 Å². The van der Waals surface area contributed by atoms with Gasteiger partial charge in [0.05, 0.1) is 19.6 Å². The van der Waals surface area contributed by atoms with Gasteiger partial charge in [-0.15, -0.1) is 0 Å². The van der Waals surface area contributed by atoms with Crippen LogP contribution in [0.5, 0.6) is 5.75 Å². The number of ether oxygens (including phenoxy) is 1. The first kappa shape index (κ1) is 16.9. The maximum atomic E-state index is 12.4. The first-order valence-electron chi connectivity index (χ1n) is 8.24. The molecule has 128 valence electrons. The van der Waals surface area contributed by atoms with Crippen molar-refractivity contribution in [3.8, 4) is 11.4 Å². The van der Waals surface area contributed by atoms with Crippen molar-refractivity contribution in [2.24, 2.45) is 0 Å². The van der Waals surface area contributed by atoms with Gasteiger partial charge in [-0.1, -0.05) is 19.1 Å². The van der Waals surface area contributed by atoms with Gasteiger partial charge in [-0.2, -0.15) is 0 Å². The van der Waals surface area contributed by atoms with E-state index in [1.807, 2.05) is 54.1 Å². The summed E-state index contributed by atoms with van der Waals surface area (Å²) in [5, 5.41) is 0. The molecule has 5 nitrogen and oxygen atoms in total. The number of pyridine rings is 1. The minimum Gasteiger partial charge on any atom is -0.495 e. The molecule has 0 spiro atoms. The molecule has 0 bridgehead atoms. The number of rotatable bonds is 7. The largest absolute Gasteiger partial charge is 0.495 e. The number of hydrogen-bond acceptors (Lipinski definition) is 4. The average Bonchev–Trinajstić information content (AvgIpc) is 3.17. The van der Waals surface area contributed by atoms with E-state index in [9.17, 15) is 4.79 Å². The first-order chi connectivity index (χ1) is 12.2. The van der Waals surface area contributed by atoms with Gasteiger partial charge in [0.1, 0.15) is 11.5 Å². The Morgan fingerprint density at radius 2 is 2.00 bits per heavy atom. The number of hydrogen-bond donors (Lipinski definition) is 0. The fraction of sp³-hybridized carbons (Fsp3) is 0.250. The van der Waals surface area contributed by atoms with E-state index in [-0.39, 0.29) is 11.7 Å². The van der Waals surface area contributed by atoms with Gasteiger partial charge >= 0.3 is 0 Å². The van der Waals surface area contributed by atoms with Crippen LogP contribution >= 0.6 is 0 Å². The number of carbonyl (C=O) groups is 1. The zero-order valence-corrected chi connectivity index (χ0v) is 14.4. The van der Waals surface area contributed by atoms with E-state index in [0.29, 0.717) is 12.8 Å². The van der Waals surface area contributed by atoms with Crippen LogP contribution in [-0.2, 0) is 11.2 Å². The van der Waals surface area contributed by atoms with Crippen molar-refractivity contribution >= 4 is 5.78 Å². The second-order valence-corrected chi connectivity index (χ2v) is 6.08. The molecular weight excluding hydrogens is 314 g/mol. The molecule has 1 atom stereocenters. The predicted octanol–water partition coefficient (Wildman–Crippen LogP) is 3.58. The minimum absolute atomic E-state index is 0.0867. The van der Waals surface area contributed by atoms with E-state index in [1.165, 1.54) is 0 Å². The molecule has 0 aliphatic heterocycles. The van der Waals surface area contributed by atoms with E-state index in [0.717, 1.165) is 22.7 Å². The number of imidazole rings is 1. The second kappa shape index (κ2) is 7.75. The fourth-order valence-electron chi connectivity index (χ4n) is 2.75. The molecule has 3 aromatic rings. The molecule has 0 aliphatic carbocycles. The molecule has 0 unspecified atom stereocenters. The van der Waals surface area contributed by atoms with Gasteiger partial charge in [-0.25, -0.2) is 4.98 Å². The third kappa shape index (κ3) is 4.32. The van der Waals surface area contributed by atoms with Crippen molar-refractivity contribution in [3.05, 3.63) is 72.6 Å². The highest BCUT2D eigenvalue weighted by Gasteiger charge is 2.13. The molecule has 5 heteroatoms. The quantitative estimate of drug-likeness (QED) is 0.662. The zero-order chi connectivity index (χ0) is 17.6. The Balaban J connectivity index is 1.58. The Kier molecular flexibility index (Phi) is 5.23. The van der Waals surface area contributed by atoms with Crippen LogP contribution in [0.2, 0.25) is 0 Å². The summed E-state index contributed by atoms with van der Waals surface area (Å²) in [5.74, 6) is 1.02. The topological polar surface area (TPSA) is 57.0 Å². The number of aromatic nitrogens is 3. The molecule has 0 radical (unpaired) electrons. The van der Waals surface area contributed by atoms with Crippen molar-refractivity contribution in [1.29, 1.82) is 0 Å². The lowest BCUT2D eigenvalue weighted by molar-refractivity contribution is -0.118. The number of nitrogens with zero attached hydrogens (tertiary/aromatic N) is 3. The van der Waals surface area contributed by atoms with Gasteiger partial charge in [-0.3, -0.25) is 9.78 Å². The molecule has 25 heavy (non-hydrogen) atoms. The SMILES string of the molecule is COc1ccc([C@@H](C)CC(=O)Cc2ccc(-n3ccnc3)cc2)nc1. The number of methoxy groups -OCH3 is 1. The van der Waals surface area contributed by atoms with Crippen LogP contribution in [0.3, 0.4) is 0 Å². The standard InChI is InChI=1S/C20H21N3O2/c1-15(20-8-7-19(25-2)13-22-20)11-18(24)12-16-3-5-17(6-4-16)23-10-9-21-14-23/h3-10,13-15H,11-12H2,1-2H3/t15-/m0/s1. The Labute approximate surface area is 147 Å². The Bertz CT molecular complexity index is 809. The first-order valence-corrected chi connectivity index (χ1v) is 8.24. The summed E-state index contributed by atoms with van der Waals surface area (Å²) < 4.78 is 7.04. The summed E-state index contributed by atoms with van der Waals surface area (Å²) in [5.41, 5.74) is 2.96. The van der Waals surface area contributed by atoms with E-state index < -0.39 is 0 Å². The maximum absolute atomic E-state index is 12.4. The molecule has 0 aliphatic rings. The summed E-state index contributed by atoms with van der Waals surface area (Å²) in [6, 6.07) is 11.8. The summed E-state index contributed by atoms with van der Waals surface area (Å²) in [7, 11) is 1.61. The van der Waals surface area contributed by atoms with Crippen LogP contribution in [0.15, 0.2) is 61.3 Å². The maximum Gasteiger partial charge on any atom is 0.137 e. The zero-order valence-electron chi connectivity index (χ0n) is 14.4. The molecule has 1 aromatic carbocycles. The van der Waals surface area contributed by atoms with Crippen molar-refractivity contribution in [2.45, 2.75) is 25.7 Å². The monoisotopic (exact) mass is 335 g/mol.